The Morgan fingerprint density at radius 1 is 1.17 bits per heavy atom. The number of thiazole rings is 1. The van der Waals surface area contributed by atoms with E-state index in [1.807, 2.05) is 25.1 Å². The molecule has 0 bridgehead atoms. The number of esters is 1. The van der Waals surface area contributed by atoms with Crippen molar-refractivity contribution in [2.24, 2.45) is 4.99 Å². The molecule has 0 saturated carbocycles. The van der Waals surface area contributed by atoms with E-state index in [1.165, 1.54) is 39.9 Å². The smallest absolute Gasteiger partial charge is 0.326 e. The van der Waals surface area contributed by atoms with E-state index < -0.39 is 21.9 Å². The second-order valence-electron chi connectivity index (χ2n) is 8.29. The highest BCUT2D eigenvalue weighted by Crippen LogP contribution is 2.26. The quantitative estimate of drug-likeness (QED) is 0.405. The van der Waals surface area contributed by atoms with E-state index in [0.29, 0.717) is 11.3 Å². The molecule has 186 valence electrons. The van der Waals surface area contributed by atoms with Crippen LogP contribution in [0.3, 0.4) is 0 Å². The Labute approximate surface area is 216 Å². The molecule has 2 heterocycles. The van der Waals surface area contributed by atoms with E-state index in [2.05, 4.69) is 20.9 Å². The number of ether oxygens (including phenoxy) is 1. The maximum atomic E-state index is 13.1. The number of carbonyl (C=O) groups excluding carboxylic acids is 2. The molecule has 1 unspecified atom stereocenters. The largest absolute Gasteiger partial charge is 0.465 e. The number of piperidine rings is 1. The Hall–Kier alpha value is -2.34. The first kappa shape index (κ1) is 25.7. The predicted molar refractivity (Wildman–Crippen MR) is 138 cm³/mol. The number of hydrogen-bond acceptors (Lipinski definition) is 6. The molecule has 35 heavy (non-hydrogen) atoms. The molecule has 2 aromatic carbocycles. The highest BCUT2D eigenvalue weighted by atomic mass is 79.9. The fourth-order valence-corrected chi connectivity index (χ4v) is 7.39. The van der Waals surface area contributed by atoms with Gasteiger partial charge in [0.25, 0.3) is 5.91 Å². The molecule has 1 atom stereocenters. The SMILES string of the molecule is CCOC(=O)Cn1c(=NC(=O)c2ccc(S(=O)(=O)N3CCCCC3C)cc2)sc2cc(Br)ccc21. The molecule has 3 aromatic rings. The van der Waals surface area contributed by atoms with Gasteiger partial charge in [0.15, 0.2) is 4.80 Å². The van der Waals surface area contributed by atoms with Crippen molar-refractivity contribution in [3.05, 3.63) is 57.3 Å². The Morgan fingerprint density at radius 3 is 2.60 bits per heavy atom. The van der Waals surface area contributed by atoms with E-state index in [9.17, 15) is 18.0 Å². The minimum absolute atomic E-state index is 0.0482. The first-order chi connectivity index (χ1) is 16.7. The first-order valence-corrected chi connectivity index (χ1v) is 14.4. The molecular weight excluding hydrogens is 554 g/mol. The predicted octanol–water partition coefficient (Wildman–Crippen LogP) is 4.33. The zero-order chi connectivity index (χ0) is 25.2. The molecule has 1 aromatic heterocycles. The van der Waals surface area contributed by atoms with Crippen molar-refractivity contribution >= 4 is 59.4 Å². The molecule has 1 aliphatic heterocycles. The molecule has 1 fully saturated rings. The summed E-state index contributed by atoms with van der Waals surface area (Å²) in [4.78, 5) is 29.9. The van der Waals surface area contributed by atoms with Crippen LogP contribution in [-0.4, -0.2) is 48.4 Å². The molecule has 0 spiro atoms. The molecule has 4 rings (SSSR count). The summed E-state index contributed by atoms with van der Waals surface area (Å²) in [6.07, 6.45) is 2.70. The van der Waals surface area contributed by atoms with Gasteiger partial charge in [-0.3, -0.25) is 9.59 Å². The fraction of sp³-hybridized carbons (Fsp3) is 0.375. The minimum atomic E-state index is -3.63. The third-order valence-electron chi connectivity index (χ3n) is 5.88. The minimum Gasteiger partial charge on any atom is -0.465 e. The summed E-state index contributed by atoms with van der Waals surface area (Å²) in [5.41, 5.74) is 1.02. The molecule has 1 aliphatic rings. The van der Waals surface area contributed by atoms with Crippen molar-refractivity contribution in [2.45, 2.75) is 50.6 Å². The average molecular weight is 581 g/mol. The number of fused-ring (bicyclic) bond motifs is 1. The number of hydrogen-bond donors (Lipinski definition) is 0. The summed E-state index contributed by atoms with van der Waals surface area (Å²) in [6.45, 7) is 4.33. The maximum Gasteiger partial charge on any atom is 0.326 e. The summed E-state index contributed by atoms with van der Waals surface area (Å²) in [5.74, 6) is -0.950. The average Bonchev–Trinajstić information content (AvgIpc) is 3.15. The lowest BCUT2D eigenvalue weighted by molar-refractivity contribution is -0.143. The molecule has 0 radical (unpaired) electrons. The van der Waals surface area contributed by atoms with Crippen LogP contribution in [0.25, 0.3) is 10.2 Å². The van der Waals surface area contributed by atoms with Crippen LogP contribution in [0.4, 0.5) is 0 Å². The van der Waals surface area contributed by atoms with Crippen LogP contribution in [0.1, 0.15) is 43.5 Å². The van der Waals surface area contributed by atoms with Crippen molar-refractivity contribution in [3.63, 3.8) is 0 Å². The van der Waals surface area contributed by atoms with Gasteiger partial charge in [0, 0.05) is 22.6 Å². The van der Waals surface area contributed by atoms with Crippen LogP contribution in [0.2, 0.25) is 0 Å². The summed E-state index contributed by atoms with van der Waals surface area (Å²) in [7, 11) is -3.63. The topological polar surface area (TPSA) is 98.0 Å². The van der Waals surface area contributed by atoms with Gasteiger partial charge in [-0.2, -0.15) is 9.30 Å². The van der Waals surface area contributed by atoms with Crippen LogP contribution < -0.4 is 4.80 Å². The summed E-state index contributed by atoms with van der Waals surface area (Å²) in [5, 5.41) is 0. The van der Waals surface area contributed by atoms with E-state index in [0.717, 1.165) is 34.0 Å². The van der Waals surface area contributed by atoms with Crippen molar-refractivity contribution in [2.75, 3.05) is 13.2 Å². The van der Waals surface area contributed by atoms with Gasteiger partial charge < -0.3 is 9.30 Å². The van der Waals surface area contributed by atoms with Gasteiger partial charge in [-0.15, -0.1) is 0 Å². The van der Waals surface area contributed by atoms with Gasteiger partial charge >= 0.3 is 5.97 Å². The lowest BCUT2D eigenvalue weighted by Crippen LogP contribution is -2.41. The van der Waals surface area contributed by atoms with Crippen LogP contribution in [0.15, 0.2) is 56.8 Å². The summed E-state index contributed by atoms with van der Waals surface area (Å²) >= 11 is 4.72. The van der Waals surface area contributed by atoms with Crippen LogP contribution >= 0.6 is 27.3 Å². The van der Waals surface area contributed by atoms with Crippen molar-refractivity contribution in [1.29, 1.82) is 0 Å². The highest BCUT2D eigenvalue weighted by molar-refractivity contribution is 9.10. The van der Waals surface area contributed by atoms with Gasteiger partial charge in [0.1, 0.15) is 6.54 Å². The fourth-order valence-electron chi connectivity index (χ4n) is 4.11. The van der Waals surface area contributed by atoms with E-state index in [4.69, 9.17) is 4.74 Å². The van der Waals surface area contributed by atoms with Gasteiger partial charge in [0.2, 0.25) is 10.0 Å². The lowest BCUT2D eigenvalue weighted by atomic mass is 10.1. The Morgan fingerprint density at radius 2 is 1.91 bits per heavy atom. The summed E-state index contributed by atoms with van der Waals surface area (Å²) < 4.78 is 36.1. The third kappa shape index (κ3) is 5.58. The maximum absolute atomic E-state index is 13.1. The molecule has 1 saturated heterocycles. The number of halogens is 1. The van der Waals surface area contributed by atoms with Crippen molar-refractivity contribution < 1.29 is 22.7 Å². The molecule has 0 aliphatic carbocycles. The molecule has 0 N–H and O–H groups in total. The standard InChI is InChI=1S/C24H26BrN3O5S2/c1-3-33-22(29)15-27-20-12-9-18(25)14-21(20)34-24(27)26-23(30)17-7-10-19(11-8-17)35(31,32)28-13-5-4-6-16(28)2/h7-12,14,16H,3-6,13,15H2,1-2H3. The first-order valence-electron chi connectivity index (χ1n) is 11.4. The number of nitrogens with zero attached hydrogens (tertiary/aromatic N) is 3. The number of aromatic nitrogens is 1. The Balaban J connectivity index is 1.66. The molecule has 1 amide bonds. The highest BCUT2D eigenvalue weighted by Gasteiger charge is 2.31. The second kappa shape index (κ2) is 10.7. The van der Waals surface area contributed by atoms with Crippen molar-refractivity contribution in [3.8, 4) is 0 Å². The third-order valence-corrected chi connectivity index (χ3v) is 9.45. The number of amides is 1. The number of carbonyl (C=O) groups is 2. The van der Waals surface area contributed by atoms with Gasteiger partial charge in [-0.05, 0) is 69.2 Å². The van der Waals surface area contributed by atoms with Crippen LogP contribution in [0.5, 0.6) is 0 Å². The van der Waals surface area contributed by atoms with Crippen LogP contribution in [0, 0.1) is 0 Å². The summed E-state index contributed by atoms with van der Waals surface area (Å²) in [6, 6.07) is 11.4. The normalized spacial score (nSPS) is 17.6. The lowest BCUT2D eigenvalue weighted by Gasteiger charge is -2.32. The second-order valence-corrected chi connectivity index (χ2v) is 12.1. The zero-order valence-corrected chi connectivity index (χ0v) is 22.7. The molecule has 11 heteroatoms. The Bertz CT molecular complexity index is 1430. The molecular formula is C24H26BrN3O5S2. The number of rotatable bonds is 6. The van der Waals surface area contributed by atoms with Gasteiger partial charge in [-0.25, -0.2) is 8.42 Å². The van der Waals surface area contributed by atoms with Gasteiger partial charge in [0.05, 0.1) is 21.7 Å². The molecule has 8 nitrogen and oxygen atoms in total. The number of sulfonamides is 1. The van der Waals surface area contributed by atoms with Gasteiger partial charge in [-0.1, -0.05) is 33.7 Å². The number of benzene rings is 2. The van der Waals surface area contributed by atoms with E-state index in [1.54, 1.807) is 11.5 Å². The monoisotopic (exact) mass is 579 g/mol. The van der Waals surface area contributed by atoms with Crippen molar-refractivity contribution in [1.82, 2.24) is 8.87 Å². The van der Waals surface area contributed by atoms with E-state index >= 15 is 0 Å². The van der Waals surface area contributed by atoms with Crippen LogP contribution in [-0.2, 0) is 26.1 Å². The Kier molecular flexibility index (Phi) is 7.89. The van der Waals surface area contributed by atoms with E-state index in [-0.39, 0.29) is 29.7 Å². The zero-order valence-electron chi connectivity index (χ0n) is 19.4.